The number of halogens is 3. The summed E-state index contributed by atoms with van der Waals surface area (Å²) >= 11 is 1.39. The number of carbonyl (C=O) groups is 1. The fourth-order valence-corrected chi connectivity index (χ4v) is 5.49. The lowest BCUT2D eigenvalue weighted by Gasteiger charge is -2.28. The highest BCUT2D eigenvalue weighted by molar-refractivity contribution is 7.13. The van der Waals surface area contributed by atoms with E-state index in [1.54, 1.807) is 6.21 Å². The van der Waals surface area contributed by atoms with E-state index in [9.17, 15) is 18.0 Å². The van der Waals surface area contributed by atoms with E-state index >= 15 is 0 Å². The van der Waals surface area contributed by atoms with Gasteiger partial charge in [0.25, 0.3) is 11.6 Å². The zero-order chi connectivity index (χ0) is 25.2. The van der Waals surface area contributed by atoms with Gasteiger partial charge in [0.1, 0.15) is 0 Å². The maximum absolute atomic E-state index is 13.5. The van der Waals surface area contributed by atoms with Crippen molar-refractivity contribution < 1.29 is 22.7 Å². The Balaban J connectivity index is 1.35. The number of hydrogen-bond acceptors (Lipinski definition) is 7. The van der Waals surface area contributed by atoms with Crippen LogP contribution in [-0.2, 0) is 17.6 Å². The Bertz CT molecular complexity index is 901. The molecular weight excluding hydrogens is 479 g/mol. The highest BCUT2D eigenvalue weighted by atomic mass is 32.1. The third-order valence-electron chi connectivity index (χ3n) is 6.59. The molecule has 194 valence electrons. The van der Waals surface area contributed by atoms with Gasteiger partial charge in [0, 0.05) is 49.4 Å². The monoisotopic (exact) mass is 513 g/mol. The second-order valence-corrected chi connectivity index (χ2v) is 10.1. The van der Waals surface area contributed by atoms with Crippen LogP contribution in [0.15, 0.2) is 21.8 Å². The molecule has 0 aromatic carbocycles. The van der Waals surface area contributed by atoms with Gasteiger partial charge < -0.3 is 15.4 Å². The Morgan fingerprint density at radius 3 is 2.71 bits per heavy atom. The molecule has 3 rings (SSSR count). The number of ether oxygens (including phenoxy) is 1. The van der Waals surface area contributed by atoms with Crippen LogP contribution < -0.4 is 10.5 Å². The number of hydrogen-bond donors (Lipinski definition) is 1. The van der Waals surface area contributed by atoms with Crippen LogP contribution in [0.25, 0.3) is 0 Å². The third-order valence-corrected chi connectivity index (χ3v) is 7.66. The average Bonchev–Trinajstić information content (AvgIpc) is 3.16. The van der Waals surface area contributed by atoms with E-state index in [0.29, 0.717) is 11.1 Å². The zero-order valence-corrected chi connectivity index (χ0v) is 20.9. The maximum atomic E-state index is 13.5. The van der Waals surface area contributed by atoms with E-state index in [-0.39, 0.29) is 17.9 Å². The van der Waals surface area contributed by atoms with Crippen LogP contribution in [0.3, 0.4) is 0 Å². The van der Waals surface area contributed by atoms with E-state index in [0.717, 1.165) is 81.4 Å². The zero-order valence-electron chi connectivity index (χ0n) is 20.1. The molecule has 0 unspecified atom stereocenters. The first-order chi connectivity index (χ1) is 16.9. The van der Waals surface area contributed by atoms with E-state index in [2.05, 4.69) is 19.9 Å². The first-order valence-corrected chi connectivity index (χ1v) is 12.9. The van der Waals surface area contributed by atoms with Gasteiger partial charge in [-0.2, -0.15) is 4.39 Å². The summed E-state index contributed by atoms with van der Waals surface area (Å²) in [4.78, 5) is 27.5. The summed E-state index contributed by atoms with van der Waals surface area (Å²) in [5, 5.41) is 0.351. The first kappa shape index (κ1) is 27.3. The molecule has 1 aromatic heterocycles. The van der Waals surface area contributed by atoms with Crippen LogP contribution >= 0.6 is 11.3 Å². The van der Waals surface area contributed by atoms with Gasteiger partial charge in [-0.15, -0.1) is 0 Å². The molecule has 0 spiro atoms. The van der Waals surface area contributed by atoms with Gasteiger partial charge in [-0.1, -0.05) is 11.3 Å². The lowest BCUT2D eigenvalue weighted by Crippen LogP contribution is -2.29. The SMILES string of the molecule is CN=C(F)C(=CN)CC(=O)N=CC1CCC(CCN2CCc3nc(OCC(F)F)sc3CC2)CC1. The Hall–Kier alpha value is -2.27. The Morgan fingerprint density at radius 2 is 2.03 bits per heavy atom. The predicted octanol–water partition coefficient (Wildman–Crippen LogP) is 4.21. The van der Waals surface area contributed by atoms with Crippen LogP contribution in [0.4, 0.5) is 13.2 Å². The molecule has 11 heteroatoms. The highest BCUT2D eigenvalue weighted by Gasteiger charge is 2.23. The fraction of sp³-hybridized carbons (Fsp3) is 0.667. The van der Waals surface area contributed by atoms with Gasteiger partial charge in [0.2, 0.25) is 11.9 Å². The van der Waals surface area contributed by atoms with Crippen molar-refractivity contribution in [3.8, 4) is 5.19 Å². The standard InChI is InChI=1S/C24H34F3N5O2S/c1-29-23(27)18(13-28)12-22(33)30-14-17-4-2-16(3-5-17)6-9-32-10-7-19-20(8-11-32)35-24(31-19)34-15-21(25)26/h13-14,16-17,21H,2-12,15,28H2,1H3. The van der Waals surface area contributed by atoms with Crippen molar-refractivity contribution >= 4 is 29.4 Å². The highest BCUT2D eigenvalue weighted by Crippen LogP contribution is 2.31. The topological polar surface area (TPSA) is 93.2 Å². The molecule has 1 fully saturated rings. The van der Waals surface area contributed by atoms with Crippen molar-refractivity contribution in [2.75, 3.05) is 33.3 Å². The summed E-state index contributed by atoms with van der Waals surface area (Å²) in [6.07, 6.45) is 7.11. The molecule has 1 aliphatic heterocycles. The average molecular weight is 514 g/mol. The molecule has 0 atom stereocenters. The Kier molecular flexibility index (Phi) is 10.7. The summed E-state index contributed by atoms with van der Waals surface area (Å²) in [5.41, 5.74) is 6.40. The van der Waals surface area contributed by atoms with E-state index < -0.39 is 24.9 Å². The summed E-state index contributed by atoms with van der Waals surface area (Å²) in [6.45, 7) is 2.28. The molecule has 1 aliphatic carbocycles. The first-order valence-electron chi connectivity index (χ1n) is 12.1. The fourth-order valence-electron chi connectivity index (χ4n) is 4.54. The predicted molar refractivity (Wildman–Crippen MR) is 132 cm³/mol. The molecule has 35 heavy (non-hydrogen) atoms. The molecule has 1 saturated carbocycles. The van der Waals surface area contributed by atoms with Gasteiger partial charge >= 0.3 is 0 Å². The second kappa shape index (κ2) is 13.7. The van der Waals surface area contributed by atoms with E-state index in [1.807, 2.05) is 0 Å². The number of nitrogens with two attached hydrogens (primary N) is 1. The quantitative estimate of drug-likeness (QED) is 0.473. The maximum Gasteiger partial charge on any atom is 0.273 e. The van der Waals surface area contributed by atoms with Gasteiger partial charge in [-0.05, 0) is 56.9 Å². The summed E-state index contributed by atoms with van der Waals surface area (Å²) in [7, 11) is 1.31. The number of nitrogens with zero attached hydrogens (tertiary/aromatic N) is 4. The number of rotatable bonds is 10. The molecule has 1 aromatic rings. The van der Waals surface area contributed by atoms with Crippen LogP contribution in [0.1, 0.15) is 49.1 Å². The van der Waals surface area contributed by atoms with Crippen molar-refractivity contribution in [3.05, 3.63) is 22.3 Å². The molecule has 2 N–H and O–H groups in total. The van der Waals surface area contributed by atoms with Gasteiger partial charge in [-0.25, -0.2) is 18.8 Å². The number of alkyl halides is 2. The molecule has 2 aliphatic rings. The minimum absolute atomic E-state index is 0.0539. The molecular formula is C24H34F3N5O2S. The van der Waals surface area contributed by atoms with Crippen LogP contribution in [0.2, 0.25) is 0 Å². The molecule has 7 nitrogen and oxygen atoms in total. The lowest BCUT2D eigenvalue weighted by atomic mass is 9.81. The number of fused-ring (bicyclic) bond motifs is 1. The molecule has 1 amide bonds. The smallest absolute Gasteiger partial charge is 0.273 e. The normalized spacial score (nSPS) is 22.4. The van der Waals surface area contributed by atoms with Crippen LogP contribution in [0, 0.1) is 11.8 Å². The molecule has 0 radical (unpaired) electrons. The van der Waals surface area contributed by atoms with Gasteiger partial charge in [0.15, 0.2) is 6.61 Å². The van der Waals surface area contributed by atoms with Crippen molar-refractivity contribution in [2.45, 2.75) is 57.8 Å². The number of thiazole rings is 1. The largest absolute Gasteiger partial charge is 0.464 e. The minimum atomic E-state index is -2.49. The van der Waals surface area contributed by atoms with Crippen molar-refractivity contribution in [1.29, 1.82) is 0 Å². The summed E-state index contributed by atoms with van der Waals surface area (Å²) < 4.78 is 43.3. The van der Waals surface area contributed by atoms with Gasteiger partial charge in [0.05, 0.1) is 12.1 Å². The number of carbonyl (C=O) groups excluding carboxylic acids is 1. The molecule has 2 heterocycles. The summed E-state index contributed by atoms with van der Waals surface area (Å²) in [5.74, 6) is -0.232. The van der Waals surface area contributed by atoms with E-state index in [1.165, 1.54) is 18.4 Å². The Labute approximate surface area is 208 Å². The number of amides is 1. The second-order valence-electron chi connectivity index (χ2n) is 9.02. The van der Waals surface area contributed by atoms with Gasteiger partial charge in [-0.3, -0.25) is 9.79 Å². The van der Waals surface area contributed by atoms with E-state index in [4.69, 9.17) is 10.5 Å². The lowest BCUT2D eigenvalue weighted by molar-refractivity contribution is -0.117. The summed E-state index contributed by atoms with van der Waals surface area (Å²) in [6, 6.07) is 0. The molecule has 0 saturated heterocycles. The number of aromatic nitrogens is 1. The van der Waals surface area contributed by atoms with Crippen molar-refractivity contribution in [3.63, 3.8) is 0 Å². The number of aliphatic imine (C=N–C) groups is 2. The van der Waals surface area contributed by atoms with Crippen molar-refractivity contribution in [1.82, 2.24) is 9.88 Å². The van der Waals surface area contributed by atoms with Crippen LogP contribution in [0.5, 0.6) is 5.19 Å². The van der Waals surface area contributed by atoms with Crippen molar-refractivity contribution in [2.24, 2.45) is 27.6 Å². The van der Waals surface area contributed by atoms with Crippen LogP contribution in [-0.4, -0.2) is 67.7 Å². The minimum Gasteiger partial charge on any atom is -0.464 e. The molecule has 0 bridgehead atoms. The third kappa shape index (κ3) is 8.71. The Morgan fingerprint density at radius 1 is 1.29 bits per heavy atom.